The molecule has 0 radical (unpaired) electrons. The Morgan fingerprint density at radius 3 is 2.68 bits per heavy atom. The molecule has 5 heteroatoms. The van der Waals surface area contributed by atoms with Gasteiger partial charge >= 0.3 is 0 Å². The number of hydrogen-bond donors (Lipinski definition) is 1. The van der Waals surface area contributed by atoms with E-state index in [9.17, 15) is 9.18 Å². The highest BCUT2D eigenvalue weighted by Gasteiger charge is 2.16. The van der Waals surface area contributed by atoms with E-state index in [1.807, 2.05) is 35.8 Å². The third-order valence-electron chi connectivity index (χ3n) is 3.64. The van der Waals surface area contributed by atoms with Crippen LogP contribution in [0.15, 0.2) is 48.5 Å². The van der Waals surface area contributed by atoms with Crippen LogP contribution in [0.2, 0.25) is 0 Å². The van der Waals surface area contributed by atoms with Crippen molar-refractivity contribution in [2.75, 3.05) is 0 Å². The Hall–Kier alpha value is -2.69. The Bertz CT molecular complexity index is 795. The number of nitrogens with one attached hydrogen (secondary N) is 1. The molecule has 1 heterocycles. The number of imidazole rings is 1. The molecule has 0 bridgehead atoms. The molecule has 112 valence electrons. The third-order valence-corrected chi connectivity index (χ3v) is 3.64. The summed E-state index contributed by atoms with van der Waals surface area (Å²) >= 11 is 0. The molecule has 0 fully saturated rings. The highest BCUT2D eigenvalue weighted by molar-refractivity contribution is 5.76. The Balaban J connectivity index is 2.06. The van der Waals surface area contributed by atoms with Gasteiger partial charge in [-0.3, -0.25) is 4.79 Å². The summed E-state index contributed by atoms with van der Waals surface area (Å²) in [6, 6.07) is 14.0. The lowest BCUT2D eigenvalue weighted by Gasteiger charge is -2.14. The zero-order valence-corrected chi connectivity index (χ0v) is 12.2. The van der Waals surface area contributed by atoms with Gasteiger partial charge in [-0.1, -0.05) is 24.3 Å². The van der Waals surface area contributed by atoms with Crippen LogP contribution in [0, 0.1) is 5.82 Å². The minimum atomic E-state index is -0.254. The Morgan fingerprint density at radius 1 is 1.23 bits per heavy atom. The first kappa shape index (κ1) is 14.3. The van der Waals surface area contributed by atoms with E-state index in [1.54, 1.807) is 12.1 Å². The molecule has 4 nitrogen and oxygen atoms in total. The van der Waals surface area contributed by atoms with Crippen LogP contribution in [0.5, 0.6) is 0 Å². The molecule has 0 saturated carbocycles. The van der Waals surface area contributed by atoms with Crippen molar-refractivity contribution in [2.45, 2.75) is 19.5 Å². The largest absolute Gasteiger partial charge is 0.349 e. The molecule has 2 aromatic carbocycles. The number of nitrogens with zero attached hydrogens (tertiary/aromatic N) is 2. The molecular formula is C17H16FN3O. The first-order valence-corrected chi connectivity index (χ1v) is 7.08. The van der Waals surface area contributed by atoms with E-state index in [0.29, 0.717) is 13.0 Å². The average molecular weight is 297 g/mol. The maximum atomic E-state index is 13.1. The zero-order valence-electron chi connectivity index (χ0n) is 12.2. The average Bonchev–Trinajstić information content (AvgIpc) is 2.89. The predicted octanol–water partition coefficient (Wildman–Crippen LogP) is 3.03. The lowest BCUT2D eigenvalue weighted by molar-refractivity contribution is -0.110. The van der Waals surface area contributed by atoms with Crippen molar-refractivity contribution in [2.24, 2.45) is 0 Å². The molecule has 0 unspecified atom stereocenters. The summed E-state index contributed by atoms with van der Waals surface area (Å²) in [5.74, 6) is 0.521. The molecule has 1 atom stereocenters. The number of amides is 1. The van der Waals surface area contributed by atoms with E-state index < -0.39 is 0 Å². The molecule has 22 heavy (non-hydrogen) atoms. The second-order valence-corrected chi connectivity index (χ2v) is 5.18. The predicted molar refractivity (Wildman–Crippen MR) is 82.8 cm³/mol. The number of benzene rings is 2. The van der Waals surface area contributed by atoms with Gasteiger partial charge in [0.1, 0.15) is 11.6 Å². The normalized spacial score (nSPS) is 12.3. The molecule has 1 N–H and O–H groups in total. The van der Waals surface area contributed by atoms with Crippen molar-refractivity contribution in [3.05, 3.63) is 65.7 Å². The van der Waals surface area contributed by atoms with Gasteiger partial charge in [-0.2, -0.15) is 0 Å². The Morgan fingerprint density at radius 2 is 1.95 bits per heavy atom. The molecule has 0 spiro atoms. The molecule has 0 aliphatic carbocycles. The molecule has 0 saturated heterocycles. The van der Waals surface area contributed by atoms with Gasteiger partial charge in [0.15, 0.2) is 0 Å². The van der Waals surface area contributed by atoms with E-state index in [0.717, 1.165) is 22.4 Å². The van der Waals surface area contributed by atoms with Crippen LogP contribution in [-0.4, -0.2) is 16.0 Å². The summed E-state index contributed by atoms with van der Waals surface area (Å²) in [5, 5.41) is 2.73. The van der Waals surface area contributed by atoms with E-state index >= 15 is 0 Å². The fourth-order valence-corrected chi connectivity index (χ4v) is 2.54. The minimum Gasteiger partial charge on any atom is -0.349 e. The molecule has 1 amide bonds. The van der Waals surface area contributed by atoms with E-state index in [2.05, 4.69) is 10.3 Å². The third kappa shape index (κ3) is 2.70. The lowest BCUT2D eigenvalue weighted by atomic mass is 10.2. The van der Waals surface area contributed by atoms with Crippen LogP contribution < -0.4 is 5.32 Å². The quantitative estimate of drug-likeness (QED) is 0.736. The maximum absolute atomic E-state index is 13.1. The summed E-state index contributed by atoms with van der Waals surface area (Å²) < 4.78 is 15.1. The number of rotatable bonds is 5. The van der Waals surface area contributed by atoms with Crippen molar-refractivity contribution in [1.82, 2.24) is 14.9 Å². The number of halogens is 1. The first-order valence-electron chi connectivity index (χ1n) is 7.08. The van der Waals surface area contributed by atoms with Gasteiger partial charge in [-0.25, -0.2) is 9.37 Å². The highest BCUT2D eigenvalue weighted by atomic mass is 19.1. The zero-order chi connectivity index (χ0) is 15.5. The van der Waals surface area contributed by atoms with Gasteiger partial charge in [0.2, 0.25) is 6.41 Å². The number of carbonyl (C=O) groups is 1. The van der Waals surface area contributed by atoms with Crippen LogP contribution >= 0.6 is 0 Å². The monoisotopic (exact) mass is 297 g/mol. The number of para-hydroxylation sites is 2. The number of carbonyl (C=O) groups excluding carboxylic acids is 1. The van der Waals surface area contributed by atoms with E-state index in [-0.39, 0.29) is 11.9 Å². The van der Waals surface area contributed by atoms with Crippen molar-refractivity contribution < 1.29 is 9.18 Å². The minimum absolute atomic E-state index is 0.203. The molecule has 3 rings (SSSR count). The molecule has 0 aliphatic rings. The van der Waals surface area contributed by atoms with Gasteiger partial charge in [0, 0.05) is 6.54 Å². The van der Waals surface area contributed by atoms with Crippen LogP contribution in [0.4, 0.5) is 4.39 Å². The summed E-state index contributed by atoms with van der Waals surface area (Å²) in [4.78, 5) is 15.3. The first-order chi connectivity index (χ1) is 10.7. The maximum Gasteiger partial charge on any atom is 0.207 e. The number of fused-ring (bicyclic) bond motifs is 1. The second kappa shape index (κ2) is 5.97. The fourth-order valence-electron chi connectivity index (χ4n) is 2.54. The summed E-state index contributed by atoms with van der Waals surface area (Å²) in [5.41, 5.74) is 2.84. The number of hydrogen-bond acceptors (Lipinski definition) is 2. The topological polar surface area (TPSA) is 46.9 Å². The summed E-state index contributed by atoms with van der Waals surface area (Å²) in [6.45, 7) is 2.46. The van der Waals surface area contributed by atoms with E-state index in [4.69, 9.17) is 0 Å². The second-order valence-electron chi connectivity index (χ2n) is 5.18. The van der Waals surface area contributed by atoms with Gasteiger partial charge in [0.25, 0.3) is 0 Å². The molecule has 3 aromatic rings. The molecule has 0 aliphatic heterocycles. The Labute approximate surface area is 127 Å². The number of aromatic nitrogens is 2. The summed E-state index contributed by atoms with van der Waals surface area (Å²) in [6.07, 6.45) is 0.673. The van der Waals surface area contributed by atoms with Crippen LogP contribution in [0.3, 0.4) is 0 Å². The molecular weight excluding hydrogens is 281 g/mol. The van der Waals surface area contributed by atoms with Crippen molar-refractivity contribution in [3.8, 4) is 0 Å². The smallest absolute Gasteiger partial charge is 0.207 e. The van der Waals surface area contributed by atoms with Gasteiger partial charge < -0.3 is 9.88 Å². The van der Waals surface area contributed by atoms with Gasteiger partial charge in [-0.15, -0.1) is 0 Å². The Kier molecular flexibility index (Phi) is 3.87. The van der Waals surface area contributed by atoms with Crippen molar-refractivity contribution >= 4 is 17.4 Å². The van der Waals surface area contributed by atoms with Crippen molar-refractivity contribution in [3.63, 3.8) is 0 Å². The van der Waals surface area contributed by atoms with Crippen LogP contribution in [-0.2, 0) is 11.3 Å². The summed E-state index contributed by atoms with van der Waals surface area (Å²) in [7, 11) is 0. The van der Waals surface area contributed by atoms with Gasteiger partial charge in [-0.05, 0) is 36.8 Å². The highest BCUT2D eigenvalue weighted by Crippen LogP contribution is 2.22. The lowest BCUT2D eigenvalue weighted by Crippen LogP contribution is -2.20. The SMILES string of the molecule is C[C@H](NC=O)c1nc2ccccc2n1Cc1ccc(F)cc1. The van der Waals surface area contributed by atoms with Gasteiger partial charge in [0.05, 0.1) is 17.1 Å². The molecule has 1 aromatic heterocycles. The van der Waals surface area contributed by atoms with Crippen molar-refractivity contribution in [1.29, 1.82) is 0 Å². The van der Waals surface area contributed by atoms with Crippen LogP contribution in [0.1, 0.15) is 24.4 Å². The van der Waals surface area contributed by atoms with E-state index in [1.165, 1.54) is 12.1 Å². The standard InChI is InChI=1S/C17H16FN3O/c1-12(19-11-22)17-20-15-4-2-3-5-16(15)21(17)10-13-6-8-14(18)9-7-13/h2-9,11-12H,10H2,1H3,(H,19,22)/t12-/m0/s1. The fraction of sp³-hybridized carbons (Fsp3) is 0.176. The van der Waals surface area contributed by atoms with Crippen LogP contribution in [0.25, 0.3) is 11.0 Å².